The molecule has 0 unspecified atom stereocenters. The van der Waals surface area contributed by atoms with Crippen molar-refractivity contribution in [2.24, 2.45) is 0 Å². The molecule has 124 valence electrons. The van der Waals surface area contributed by atoms with Crippen LogP contribution in [0.15, 0.2) is 54.6 Å². The first-order valence-electron chi connectivity index (χ1n) is 8.59. The molecule has 0 amide bonds. The minimum atomic E-state index is 1.05. The first kappa shape index (κ1) is 15.1. The summed E-state index contributed by atoms with van der Waals surface area (Å²) in [6.07, 6.45) is 0. The summed E-state index contributed by atoms with van der Waals surface area (Å²) in [5.74, 6) is 0. The molecule has 3 aromatic rings. The van der Waals surface area contributed by atoms with Crippen LogP contribution in [0, 0.1) is 0 Å². The standard InChI is InChI=1S/C20H24N4/c1-22(2)24-19-10-6-9-18(23-13-11-21-12-14-23)17(19)15-20(24)16-7-4-3-5-8-16/h3-10,15,21H,11-14H2,1-2H3. The molecule has 0 radical (unpaired) electrons. The van der Waals surface area contributed by atoms with Gasteiger partial charge in [0.15, 0.2) is 0 Å². The zero-order valence-electron chi connectivity index (χ0n) is 14.4. The second-order valence-corrected chi connectivity index (χ2v) is 6.50. The molecule has 4 rings (SSSR count). The summed E-state index contributed by atoms with van der Waals surface area (Å²) in [6.45, 7) is 4.23. The normalized spacial score (nSPS) is 15.0. The van der Waals surface area contributed by atoms with Gasteiger partial charge in [0.1, 0.15) is 0 Å². The SMILES string of the molecule is CN(C)n1c(-c2ccccc2)cc2c(N3CCNCC3)cccc21. The van der Waals surface area contributed by atoms with E-state index in [1.807, 2.05) is 0 Å². The number of rotatable bonds is 3. The van der Waals surface area contributed by atoms with E-state index >= 15 is 0 Å². The van der Waals surface area contributed by atoms with E-state index in [-0.39, 0.29) is 0 Å². The molecule has 1 aliphatic heterocycles. The molecule has 1 fully saturated rings. The van der Waals surface area contributed by atoms with Gasteiger partial charge in [0.25, 0.3) is 0 Å². The molecule has 4 heteroatoms. The average molecular weight is 320 g/mol. The van der Waals surface area contributed by atoms with Crippen molar-refractivity contribution >= 4 is 16.6 Å². The summed E-state index contributed by atoms with van der Waals surface area (Å²) in [6, 6.07) is 19.6. The molecule has 1 N–H and O–H groups in total. The second kappa shape index (κ2) is 6.21. The molecule has 0 spiro atoms. The Hall–Kier alpha value is -2.46. The number of fused-ring (bicyclic) bond motifs is 1. The van der Waals surface area contributed by atoms with E-state index in [1.54, 1.807) is 0 Å². The van der Waals surface area contributed by atoms with E-state index in [9.17, 15) is 0 Å². The molecule has 0 bridgehead atoms. The molecular formula is C20H24N4. The Morgan fingerprint density at radius 2 is 1.67 bits per heavy atom. The van der Waals surface area contributed by atoms with E-state index < -0.39 is 0 Å². The fraction of sp³-hybridized carbons (Fsp3) is 0.300. The number of nitrogens with one attached hydrogen (secondary N) is 1. The highest BCUT2D eigenvalue weighted by Gasteiger charge is 2.18. The molecular weight excluding hydrogens is 296 g/mol. The van der Waals surface area contributed by atoms with Gasteiger partial charge in [-0.25, -0.2) is 0 Å². The topological polar surface area (TPSA) is 23.4 Å². The van der Waals surface area contributed by atoms with Crippen LogP contribution in [0.25, 0.3) is 22.2 Å². The number of piperazine rings is 1. The van der Waals surface area contributed by atoms with Crippen LogP contribution in [0.3, 0.4) is 0 Å². The molecule has 2 heterocycles. The third kappa shape index (κ3) is 2.53. The van der Waals surface area contributed by atoms with Crippen molar-refractivity contribution in [3.8, 4) is 11.3 Å². The summed E-state index contributed by atoms with van der Waals surface area (Å²) in [5.41, 5.74) is 5.08. The maximum absolute atomic E-state index is 3.44. The highest BCUT2D eigenvalue weighted by atomic mass is 15.5. The maximum Gasteiger partial charge on any atom is 0.0722 e. The van der Waals surface area contributed by atoms with E-state index in [1.165, 1.54) is 27.8 Å². The van der Waals surface area contributed by atoms with E-state index in [2.05, 4.69) is 88.6 Å². The largest absolute Gasteiger partial charge is 0.368 e. The lowest BCUT2D eigenvalue weighted by Gasteiger charge is -2.30. The molecule has 2 aromatic carbocycles. The van der Waals surface area contributed by atoms with Gasteiger partial charge in [0.05, 0.1) is 11.2 Å². The van der Waals surface area contributed by atoms with Crippen LogP contribution in [0.4, 0.5) is 5.69 Å². The predicted molar refractivity (Wildman–Crippen MR) is 103 cm³/mol. The Kier molecular flexibility index (Phi) is 3.90. The second-order valence-electron chi connectivity index (χ2n) is 6.50. The Bertz CT molecular complexity index is 829. The van der Waals surface area contributed by atoms with Gasteiger partial charge in [-0.3, -0.25) is 4.68 Å². The third-order valence-corrected chi connectivity index (χ3v) is 4.72. The molecule has 24 heavy (non-hydrogen) atoms. The van der Waals surface area contributed by atoms with Crippen molar-refractivity contribution in [1.82, 2.24) is 9.99 Å². The Morgan fingerprint density at radius 3 is 2.38 bits per heavy atom. The van der Waals surface area contributed by atoms with Crippen molar-refractivity contribution in [2.45, 2.75) is 0 Å². The van der Waals surface area contributed by atoms with Crippen LogP contribution in [-0.2, 0) is 0 Å². The van der Waals surface area contributed by atoms with Crippen LogP contribution < -0.4 is 15.2 Å². The van der Waals surface area contributed by atoms with Crippen LogP contribution >= 0.6 is 0 Å². The van der Waals surface area contributed by atoms with Crippen molar-refractivity contribution in [2.75, 3.05) is 50.2 Å². The van der Waals surface area contributed by atoms with Crippen molar-refractivity contribution in [3.63, 3.8) is 0 Å². The van der Waals surface area contributed by atoms with Gasteiger partial charge in [-0.15, -0.1) is 0 Å². The average Bonchev–Trinajstić information content (AvgIpc) is 3.03. The maximum atomic E-state index is 3.44. The number of hydrogen-bond acceptors (Lipinski definition) is 3. The van der Waals surface area contributed by atoms with E-state index in [0.717, 1.165) is 26.2 Å². The van der Waals surface area contributed by atoms with Gasteiger partial charge < -0.3 is 15.2 Å². The Labute approximate surface area is 143 Å². The zero-order chi connectivity index (χ0) is 16.5. The molecule has 0 aliphatic carbocycles. The summed E-state index contributed by atoms with van der Waals surface area (Å²) in [5, 5.41) is 6.92. The van der Waals surface area contributed by atoms with Crippen LogP contribution in [0.5, 0.6) is 0 Å². The summed E-state index contributed by atoms with van der Waals surface area (Å²) < 4.78 is 2.30. The van der Waals surface area contributed by atoms with Crippen molar-refractivity contribution in [1.29, 1.82) is 0 Å². The van der Waals surface area contributed by atoms with Crippen LogP contribution in [0.2, 0.25) is 0 Å². The third-order valence-electron chi connectivity index (χ3n) is 4.72. The first-order valence-corrected chi connectivity index (χ1v) is 8.59. The minimum absolute atomic E-state index is 1.05. The molecule has 1 aromatic heterocycles. The zero-order valence-corrected chi connectivity index (χ0v) is 14.4. The molecule has 0 atom stereocenters. The fourth-order valence-electron chi connectivity index (χ4n) is 3.63. The van der Waals surface area contributed by atoms with Gasteiger partial charge in [-0.1, -0.05) is 36.4 Å². The van der Waals surface area contributed by atoms with Crippen molar-refractivity contribution < 1.29 is 0 Å². The summed E-state index contributed by atoms with van der Waals surface area (Å²) >= 11 is 0. The van der Waals surface area contributed by atoms with Gasteiger partial charge >= 0.3 is 0 Å². The highest BCUT2D eigenvalue weighted by Crippen LogP contribution is 2.34. The highest BCUT2D eigenvalue weighted by molar-refractivity contribution is 5.97. The first-order chi connectivity index (χ1) is 11.8. The minimum Gasteiger partial charge on any atom is -0.368 e. The number of benzene rings is 2. The summed E-state index contributed by atoms with van der Waals surface area (Å²) in [7, 11) is 4.20. The molecule has 0 saturated carbocycles. The Morgan fingerprint density at radius 1 is 0.917 bits per heavy atom. The van der Waals surface area contributed by atoms with Gasteiger partial charge in [0, 0.05) is 56.9 Å². The number of aromatic nitrogens is 1. The predicted octanol–water partition coefficient (Wildman–Crippen LogP) is 2.92. The lowest BCUT2D eigenvalue weighted by molar-refractivity contribution is 0.590. The van der Waals surface area contributed by atoms with E-state index in [0.29, 0.717) is 0 Å². The quantitative estimate of drug-likeness (QED) is 0.803. The number of hydrogen-bond donors (Lipinski definition) is 1. The van der Waals surface area contributed by atoms with Crippen molar-refractivity contribution in [3.05, 3.63) is 54.6 Å². The van der Waals surface area contributed by atoms with Crippen LogP contribution in [0.1, 0.15) is 0 Å². The van der Waals surface area contributed by atoms with Gasteiger partial charge in [-0.05, 0) is 18.2 Å². The fourth-order valence-corrected chi connectivity index (χ4v) is 3.63. The molecule has 4 nitrogen and oxygen atoms in total. The lowest BCUT2D eigenvalue weighted by atomic mass is 10.1. The summed E-state index contributed by atoms with van der Waals surface area (Å²) in [4.78, 5) is 2.49. The van der Waals surface area contributed by atoms with E-state index in [4.69, 9.17) is 0 Å². The molecule has 1 saturated heterocycles. The van der Waals surface area contributed by atoms with Gasteiger partial charge in [0.2, 0.25) is 0 Å². The van der Waals surface area contributed by atoms with Gasteiger partial charge in [-0.2, -0.15) is 0 Å². The lowest BCUT2D eigenvalue weighted by Crippen LogP contribution is -2.43. The number of anilines is 1. The number of nitrogens with zero attached hydrogens (tertiary/aromatic N) is 3. The smallest absolute Gasteiger partial charge is 0.0722 e. The van der Waals surface area contributed by atoms with Crippen LogP contribution in [-0.4, -0.2) is 45.0 Å². The Balaban J connectivity index is 1.92. The monoisotopic (exact) mass is 320 g/mol. The molecule has 1 aliphatic rings.